The van der Waals surface area contributed by atoms with E-state index in [1.807, 2.05) is 37.3 Å². The number of halogens is 1. The number of ether oxygens (including phenoxy) is 1. The predicted octanol–water partition coefficient (Wildman–Crippen LogP) is 3.34. The molecule has 3 rings (SSSR count). The fourth-order valence-electron chi connectivity index (χ4n) is 2.57. The molecule has 22 heavy (non-hydrogen) atoms. The number of nitrogens with zero attached hydrogens (tertiary/aromatic N) is 2. The van der Waals surface area contributed by atoms with Gasteiger partial charge in [-0.2, -0.15) is 0 Å². The van der Waals surface area contributed by atoms with Crippen LogP contribution in [0.5, 0.6) is 5.88 Å². The van der Waals surface area contributed by atoms with Crippen molar-refractivity contribution >= 4 is 17.5 Å². The molecule has 1 aromatic carbocycles. The third-order valence-corrected chi connectivity index (χ3v) is 4.02. The van der Waals surface area contributed by atoms with Gasteiger partial charge in [-0.15, -0.1) is 0 Å². The van der Waals surface area contributed by atoms with Crippen LogP contribution in [0, 0.1) is 6.92 Å². The van der Waals surface area contributed by atoms with E-state index < -0.39 is 0 Å². The van der Waals surface area contributed by atoms with Gasteiger partial charge >= 0.3 is 0 Å². The smallest absolute Gasteiger partial charge is 0.255 e. The molecule has 5 heteroatoms. The predicted molar refractivity (Wildman–Crippen MR) is 85.4 cm³/mol. The summed E-state index contributed by atoms with van der Waals surface area (Å²) in [5, 5.41) is 0.484. The Morgan fingerprint density at radius 3 is 2.86 bits per heavy atom. The number of hydrogen-bond donors (Lipinski definition) is 0. The number of rotatable bonds is 3. The minimum Gasteiger partial charge on any atom is -0.472 e. The molecular weight excluding hydrogens is 300 g/mol. The Kier molecular flexibility index (Phi) is 4.29. The van der Waals surface area contributed by atoms with Gasteiger partial charge in [0.05, 0.1) is 17.1 Å². The second kappa shape index (κ2) is 6.36. The highest BCUT2D eigenvalue weighted by Gasteiger charge is 2.29. The molecule has 1 aromatic heterocycles. The van der Waals surface area contributed by atoms with E-state index in [0.717, 1.165) is 12.1 Å². The maximum absolute atomic E-state index is 12.5. The molecule has 1 aliphatic rings. The number of amides is 1. The lowest BCUT2D eigenvalue weighted by atomic mass is 10.2. The minimum atomic E-state index is -0.0473. The maximum atomic E-state index is 12.5. The third-order valence-electron chi connectivity index (χ3n) is 3.69. The first-order valence-corrected chi connectivity index (χ1v) is 7.65. The summed E-state index contributed by atoms with van der Waals surface area (Å²) in [7, 11) is 0. The van der Waals surface area contributed by atoms with Gasteiger partial charge in [-0.1, -0.05) is 29.8 Å². The van der Waals surface area contributed by atoms with Crippen LogP contribution in [0.3, 0.4) is 0 Å². The first-order valence-electron chi connectivity index (χ1n) is 7.27. The van der Waals surface area contributed by atoms with E-state index in [4.69, 9.17) is 16.3 Å². The molecule has 0 N–H and O–H groups in total. The van der Waals surface area contributed by atoms with Crippen molar-refractivity contribution in [2.24, 2.45) is 0 Å². The number of aromatic nitrogens is 1. The molecule has 2 aromatic rings. The molecule has 0 aliphatic carbocycles. The lowest BCUT2D eigenvalue weighted by Gasteiger charge is -2.17. The number of likely N-dealkylation sites (tertiary alicyclic amines) is 1. The zero-order valence-corrected chi connectivity index (χ0v) is 13.1. The topological polar surface area (TPSA) is 42.4 Å². The Labute approximate surface area is 134 Å². The van der Waals surface area contributed by atoms with Crippen LogP contribution in [-0.4, -0.2) is 35.0 Å². The first kappa shape index (κ1) is 14.9. The van der Waals surface area contributed by atoms with Gasteiger partial charge in [0, 0.05) is 24.7 Å². The van der Waals surface area contributed by atoms with Crippen LogP contribution in [0.15, 0.2) is 42.5 Å². The van der Waals surface area contributed by atoms with E-state index in [9.17, 15) is 4.79 Å². The van der Waals surface area contributed by atoms with Crippen LogP contribution in [0.1, 0.15) is 22.5 Å². The number of benzene rings is 1. The van der Waals surface area contributed by atoms with Crippen LogP contribution in [0.2, 0.25) is 5.02 Å². The van der Waals surface area contributed by atoms with Crippen molar-refractivity contribution < 1.29 is 9.53 Å². The van der Waals surface area contributed by atoms with Crippen LogP contribution in [-0.2, 0) is 0 Å². The van der Waals surface area contributed by atoms with Crippen LogP contribution >= 0.6 is 11.6 Å². The quantitative estimate of drug-likeness (QED) is 0.872. The standard InChI is InChI=1S/C17H17ClN2O2/c1-12-5-4-8-16(19-12)22-13-9-10-20(11-13)17(21)14-6-2-3-7-15(14)18/h2-8,13H,9-11H2,1H3. The van der Waals surface area contributed by atoms with Crippen molar-refractivity contribution in [2.75, 3.05) is 13.1 Å². The van der Waals surface area contributed by atoms with E-state index in [1.165, 1.54) is 0 Å². The molecule has 1 amide bonds. The van der Waals surface area contributed by atoms with Crippen molar-refractivity contribution in [1.82, 2.24) is 9.88 Å². The maximum Gasteiger partial charge on any atom is 0.255 e. The lowest BCUT2D eigenvalue weighted by molar-refractivity contribution is 0.0771. The molecule has 0 saturated carbocycles. The Bertz CT molecular complexity index is 690. The molecule has 0 spiro atoms. The Morgan fingerprint density at radius 2 is 2.09 bits per heavy atom. The fraction of sp³-hybridized carbons (Fsp3) is 0.294. The first-order chi connectivity index (χ1) is 10.6. The van der Waals surface area contributed by atoms with E-state index in [1.54, 1.807) is 17.0 Å². The second-order valence-electron chi connectivity index (χ2n) is 5.38. The summed E-state index contributed by atoms with van der Waals surface area (Å²) < 4.78 is 5.86. The van der Waals surface area contributed by atoms with Crippen molar-refractivity contribution in [3.8, 4) is 5.88 Å². The highest BCUT2D eigenvalue weighted by molar-refractivity contribution is 6.33. The summed E-state index contributed by atoms with van der Waals surface area (Å²) in [6, 6.07) is 12.8. The Morgan fingerprint density at radius 1 is 1.27 bits per heavy atom. The second-order valence-corrected chi connectivity index (χ2v) is 5.78. The van der Waals surface area contributed by atoms with Crippen LogP contribution < -0.4 is 4.74 Å². The molecule has 0 radical (unpaired) electrons. The van der Waals surface area contributed by atoms with Gasteiger partial charge in [0.15, 0.2) is 0 Å². The van der Waals surface area contributed by atoms with E-state index in [-0.39, 0.29) is 12.0 Å². The molecular formula is C17H17ClN2O2. The van der Waals surface area contributed by atoms with E-state index in [2.05, 4.69) is 4.98 Å². The molecule has 4 nitrogen and oxygen atoms in total. The SMILES string of the molecule is Cc1cccc(OC2CCN(C(=O)c3ccccc3Cl)C2)n1. The average Bonchev–Trinajstić information content (AvgIpc) is 2.95. The molecule has 1 saturated heterocycles. The van der Waals surface area contributed by atoms with Gasteiger partial charge in [0.2, 0.25) is 5.88 Å². The van der Waals surface area contributed by atoms with Gasteiger partial charge in [-0.05, 0) is 25.1 Å². The monoisotopic (exact) mass is 316 g/mol. The molecule has 2 heterocycles. The van der Waals surface area contributed by atoms with Gasteiger partial charge < -0.3 is 9.64 Å². The molecule has 1 aliphatic heterocycles. The summed E-state index contributed by atoms with van der Waals surface area (Å²) in [5.41, 5.74) is 1.46. The van der Waals surface area contributed by atoms with Crippen molar-refractivity contribution in [3.63, 3.8) is 0 Å². The number of aryl methyl sites for hydroxylation is 1. The third kappa shape index (κ3) is 3.22. The molecule has 114 valence electrons. The van der Waals surface area contributed by atoms with Crippen molar-refractivity contribution in [1.29, 1.82) is 0 Å². The normalized spacial score (nSPS) is 17.5. The Balaban J connectivity index is 1.65. The molecule has 1 unspecified atom stereocenters. The van der Waals surface area contributed by atoms with Gasteiger partial charge in [-0.25, -0.2) is 4.98 Å². The van der Waals surface area contributed by atoms with Crippen molar-refractivity contribution in [2.45, 2.75) is 19.4 Å². The fourth-order valence-corrected chi connectivity index (χ4v) is 2.78. The van der Waals surface area contributed by atoms with E-state index >= 15 is 0 Å². The van der Waals surface area contributed by atoms with Crippen LogP contribution in [0.25, 0.3) is 0 Å². The highest BCUT2D eigenvalue weighted by atomic mass is 35.5. The minimum absolute atomic E-state index is 0.0271. The molecule has 0 bridgehead atoms. The largest absolute Gasteiger partial charge is 0.472 e. The summed E-state index contributed by atoms with van der Waals surface area (Å²) in [6.45, 7) is 3.15. The van der Waals surface area contributed by atoms with Gasteiger partial charge in [0.25, 0.3) is 5.91 Å². The van der Waals surface area contributed by atoms with Crippen molar-refractivity contribution in [3.05, 3.63) is 58.7 Å². The number of carbonyl (C=O) groups excluding carboxylic acids is 1. The zero-order valence-electron chi connectivity index (χ0n) is 12.3. The number of carbonyl (C=O) groups is 1. The van der Waals surface area contributed by atoms with Gasteiger partial charge in [0.1, 0.15) is 6.10 Å². The lowest BCUT2D eigenvalue weighted by Crippen LogP contribution is -2.31. The average molecular weight is 317 g/mol. The summed E-state index contributed by atoms with van der Waals surface area (Å²) in [6.07, 6.45) is 0.770. The summed E-state index contributed by atoms with van der Waals surface area (Å²) in [5.74, 6) is 0.561. The summed E-state index contributed by atoms with van der Waals surface area (Å²) in [4.78, 5) is 18.6. The number of hydrogen-bond acceptors (Lipinski definition) is 3. The Hall–Kier alpha value is -2.07. The number of pyridine rings is 1. The molecule has 1 fully saturated rings. The highest BCUT2D eigenvalue weighted by Crippen LogP contribution is 2.22. The summed E-state index contributed by atoms with van der Waals surface area (Å²) >= 11 is 6.09. The van der Waals surface area contributed by atoms with Gasteiger partial charge in [-0.3, -0.25) is 4.79 Å². The van der Waals surface area contributed by atoms with E-state index in [0.29, 0.717) is 29.6 Å². The van der Waals surface area contributed by atoms with Crippen LogP contribution in [0.4, 0.5) is 0 Å². The zero-order chi connectivity index (χ0) is 15.5. The molecule has 1 atom stereocenters.